The van der Waals surface area contributed by atoms with Crippen LogP contribution in [-0.2, 0) is 24.7 Å². The molecule has 6 heteroatoms. The van der Waals surface area contributed by atoms with Gasteiger partial charge < -0.3 is 20.1 Å². The number of ether oxygens (including phenoxy) is 2. The topological polar surface area (TPSA) is 42.5 Å². The minimum absolute atomic E-state index is 0.535. The first-order chi connectivity index (χ1) is 16.1. The zero-order chi connectivity index (χ0) is 23.5. The van der Waals surface area contributed by atoms with Crippen LogP contribution in [0.25, 0.3) is 0 Å². The van der Waals surface area contributed by atoms with E-state index in [9.17, 15) is 0 Å². The number of hydrogen-bond donors (Lipinski definition) is 2. The van der Waals surface area contributed by atoms with E-state index in [1.54, 1.807) is 35.9 Å². The molecule has 173 valence electrons. The van der Waals surface area contributed by atoms with Crippen LogP contribution in [0.5, 0.6) is 11.5 Å². The number of benzene rings is 2. The Morgan fingerprint density at radius 2 is 1.39 bits per heavy atom. The van der Waals surface area contributed by atoms with Gasteiger partial charge in [0.2, 0.25) is 0 Å². The normalized spacial score (nSPS) is 16.3. The molecule has 0 spiro atoms. The molecule has 0 aliphatic heterocycles. The minimum atomic E-state index is 0.535. The maximum atomic E-state index is 5.40. The summed E-state index contributed by atoms with van der Waals surface area (Å²) in [5.41, 5.74) is 5.29. The van der Waals surface area contributed by atoms with Gasteiger partial charge in [0.25, 0.3) is 0 Å². The predicted molar refractivity (Wildman–Crippen MR) is 138 cm³/mol. The van der Waals surface area contributed by atoms with E-state index in [-0.39, 0.29) is 0 Å². The monoisotopic (exact) mass is 539 g/mol. The quantitative estimate of drug-likeness (QED) is 0.361. The van der Waals surface area contributed by atoms with Gasteiger partial charge in [-0.05, 0) is 74.6 Å². The van der Waals surface area contributed by atoms with Crippen molar-refractivity contribution >= 4 is 28.7 Å². The fourth-order valence-electron chi connectivity index (χ4n) is 4.00. The van der Waals surface area contributed by atoms with Crippen molar-refractivity contribution in [3.63, 3.8) is 0 Å². The number of anilines is 2. The summed E-state index contributed by atoms with van der Waals surface area (Å²) in [6.07, 6.45) is 10.4. The van der Waals surface area contributed by atoms with Crippen molar-refractivity contribution in [1.29, 1.82) is 0 Å². The van der Waals surface area contributed by atoms with Crippen LogP contribution in [-0.4, -0.2) is 18.3 Å². The first-order valence-electron chi connectivity index (χ1n) is 11.7. The summed E-state index contributed by atoms with van der Waals surface area (Å²) in [5, 5.41) is 6.80. The Kier molecular flexibility index (Phi) is 10.7. The molecule has 2 aliphatic rings. The molecule has 0 saturated heterocycles. The van der Waals surface area contributed by atoms with Gasteiger partial charge in [-0.15, -0.1) is 0 Å². The first kappa shape index (κ1) is 25.7. The summed E-state index contributed by atoms with van der Waals surface area (Å²) in [7, 11) is 0. The molecule has 2 aromatic carbocycles. The molecule has 2 aliphatic carbocycles. The third-order valence-corrected chi connectivity index (χ3v) is 6.88. The molecule has 0 saturated carbocycles. The van der Waals surface area contributed by atoms with Gasteiger partial charge in [0.1, 0.15) is 11.5 Å². The molecule has 0 heterocycles. The average Bonchev–Trinajstić information content (AvgIpc) is 3.26. The van der Waals surface area contributed by atoms with E-state index in [1.165, 1.54) is 29.8 Å². The van der Waals surface area contributed by atoms with Gasteiger partial charge in [0, 0.05) is 11.4 Å². The fourth-order valence-corrected chi connectivity index (χ4v) is 5.18. The number of rotatable bonds is 7. The third-order valence-electron chi connectivity index (χ3n) is 5.60. The summed E-state index contributed by atoms with van der Waals surface area (Å²) in [4.78, 5) is 0. The van der Waals surface area contributed by atoms with Crippen LogP contribution in [0.1, 0.15) is 39.5 Å². The Balaban J connectivity index is 0.000000231. The average molecular weight is 541 g/mol. The van der Waals surface area contributed by atoms with Crippen LogP contribution in [0.2, 0.25) is 4.13 Å². The van der Waals surface area contributed by atoms with E-state index in [0.29, 0.717) is 18.3 Å². The number of thiocarbonyl (C=S) groups is 1. The van der Waals surface area contributed by atoms with Crippen LogP contribution >= 0.6 is 12.2 Å². The van der Waals surface area contributed by atoms with Gasteiger partial charge in [0.05, 0.1) is 13.2 Å². The Labute approximate surface area is 218 Å². The molecule has 4 rings (SSSR count). The molecule has 0 radical (unpaired) electrons. The molecule has 2 aromatic rings. The molecule has 4 nitrogen and oxygen atoms in total. The van der Waals surface area contributed by atoms with Crippen LogP contribution in [0.4, 0.5) is 11.4 Å². The third kappa shape index (κ3) is 8.12. The predicted octanol–water partition coefficient (Wildman–Crippen LogP) is 7.30. The van der Waals surface area contributed by atoms with Gasteiger partial charge in [-0.3, -0.25) is 0 Å². The summed E-state index contributed by atoms with van der Waals surface area (Å²) in [6.45, 7) is 5.24. The number of hydrogen-bond acceptors (Lipinski definition) is 3. The van der Waals surface area contributed by atoms with E-state index in [2.05, 4.69) is 22.8 Å². The molecule has 33 heavy (non-hydrogen) atoms. The van der Waals surface area contributed by atoms with Crippen LogP contribution in [0.3, 0.4) is 0 Å². The van der Waals surface area contributed by atoms with E-state index in [4.69, 9.17) is 21.7 Å². The number of nitrogens with one attached hydrogen (secondary N) is 2. The van der Waals surface area contributed by atoms with Gasteiger partial charge in [0.15, 0.2) is 5.11 Å². The molecule has 0 aromatic heterocycles. The van der Waals surface area contributed by atoms with Gasteiger partial charge in [-0.25, -0.2) is 0 Å². The molecule has 0 amide bonds. The van der Waals surface area contributed by atoms with Crippen molar-refractivity contribution in [3.8, 4) is 11.5 Å². The maximum absolute atomic E-state index is 5.40. The van der Waals surface area contributed by atoms with Crippen LogP contribution in [0.15, 0.2) is 71.8 Å². The van der Waals surface area contributed by atoms with Crippen molar-refractivity contribution in [1.82, 2.24) is 0 Å². The van der Waals surface area contributed by atoms with Gasteiger partial charge in [-0.2, -0.15) is 0 Å². The van der Waals surface area contributed by atoms with Crippen molar-refractivity contribution in [3.05, 3.63) is 71.8 Å². The van der Waals surface area contributed by atoms with E-state index >= 15 is 0 Å². The Morgan fingerprint density at radius 1 is 0.879 bits per heavy atom. The second-order valence-corrected chi connectivity index (χ2v) is 9.33. The summed E-state index contributed by atoms with van der Waals surface area (Å²) in [5.74, 6) is 2.54. The summed E-state index contributed by atoms with van der Waals surface area (Å²) < 4.78 is 12.2. The SMILES string of the molecule is CCOc1ccc(NC(=S)Nc2ccc(OCC)cc2)cc1.[Zr][CH2]C1C=CC2=C1CCCC2. The Bertz CT molecular complexity index is 902. The number of allylic oxidation sites excluding steroid dienone is 4. The molecule has 1 unspecified atom stereocenters. The molecular formula is C27H33N2O2SZr. The van der Waals surface area contributed by atoms with Crippen LogP contribution in [0, 0.1) is 5.92 Å². The summed E-state index contributed by atoms with van der Waals surface area (Å²) in [6, 6.07) is 15.3. The van der Waals surface area contributed by atoms with E-state index in [1.807, 2.05) is 62.4 Å². The first-order valence-corrected chi connectivity index (χ1v) is 13.9. The van der Waals surface area contributed by atoms with Crippen molar-refractivity contribution < 1.29 is 34.2 Å². The second kappa shape index (κ2) is 13.7. The van der Waals surface area contributed by atoms with Gasteiger partial charge in [-0.1, -0.05) is 0 Å². The fraction of sp³-hybridized carbons (Fsp3) is 0.370. The standard InChI is InChI=1S/C17H20N2O2S.C10H13.Zr/c1-3-20-15-9-5-13(6-10-15)18-17(22)19-14-7-11-16(12-8-14)21-4-2;1-8-6-7-9-4-2-3-5-10(8)9;/h5-12H,3-4H2,1-2H3,(H2,18,19,22);6-8H,1-5H2;. The van der Waals surface area contributed by atoms with Crippen molar-refractivity contribution in [2.75, 3.05) is 23.8 Å². The van der Waals surface area contributed by atoms with Gasteiger partial charge >= 0.3 is 83.7 Å². The zero-order valence-electron chi connectivity index (χ0n) is 19.5. The molecule has 0 fully saturated rings. The second-order valence-electron chi connectivity index (χ2n) is 7.92. The van der Waals surface area contributed by atoms with E-state index in [0.717, 1.165) is 28.8 Å². The summed E-state index contributed by atoms with van der Waals surface area (Å²) >= 11 is 6.99. The molecule has 2 N–H and O–H groups in total. The molecule has 1 atom stereocenters. The van der Waals surface area contributed by atoms with Crippen LogP contribution < -0.4 is 20.1 Å². The van der Waals surface area contributed by atoms with Crippen molar-refractivity contribution in [2.24, 2.45) is 5.92 Å². The molecule has 0 bridgehead atoms. The van der Waals surface area contributed by atoms with Crippen molar-refractivity contribution in [2.45, 2.75) is 43.7 Å². The van der Waals surface area contributed by atoms with E-state index < -0.39 is 0 Å². The zero-order valence-corrected chi connectivity index (χ0v) is 22.8. The Morgan fingerprint density at radius 3 is 1.88 bits per heavy atom. The molecular weight excluding hydrogens is 508 g/mol. The Hall–Kier alpha value is -1.91.